The van der Waals surface area contributed by atoms with E-state index < -0.39 is 23.5 Å². The number of non-ortho nitro benzene ring substituents is 1. The van der Waals surface area contributed by atoms with Crippen molar-refractivity contribution in [3.8, 4) is 0 Å². The van der Waals surface area contributed by atoms with Crippen molar-refractivity contribution in [2.45, 2.75) is 13.2 Å². The van der Waals surface area contributed by atoms with Crippen molar-refractivity contribution in [2.24, 2.45) is 0 Å². The zero-order valence-electron chi connectivity index (χ0n) is 13.7. The molecule has 0 aliphatic heterocycles. The third-order valence-electron chi connectivity index (χ3n) is 3.49. The van der Waals surface area contributed by atoms with Gasteiger partial charge >= 0.3 is 12.1 Å². The van der Waals surface area contributed by atoms with E-state index >= 15 is 0 Å². The van der Waals surface area contributed by atoms with Crippen molar-refractivity contribution >= 4 is 23.4 Å². The molecule has 3 N–H and O–H groups in total. The van der Waals surface area contributed by atoms with Crippen LogP contribution in [0.2, 0.25) is 0 Å². The molecule has 0 unspecified atom stereocenters. The van der Waals surface area contributed by atoms with Crippen molar-refractivity contribution < 1.29 is 24.4 Å². The molecule has 2 rings (SSSR count). The summed E-state index contributed by atoms with van der Waals surface area (Å²) in [6, 6.07) is 12.7. The van der Waals surface area contributed by atoms with Crippen molar-refractivity contribution in [3.63, 3.8) is 0 Å². The minimum Gasteiger partial charge on any atom is -0.480 e. The molecule has 1 amide bonds. The van der Waals surface area contributed by atoms with Crippen LogP contribution in [0.4, 0.5) is 16.2 Å². The monoisotopic (exact) mass is 359 g/mol. The van der Waals surface area contributed by atoms with E-state index in [4.69, 9.17) is 15.6 Å². The quantitative estimate of drug-likeness (QED) is 0.440. The van der Waals surface area contributed by atoms with Crippen LogP contribution in [0, 0.1) is 10.1 Å². The van der Waals surface area contributed by atoms with Gasteiger partial charge in [-0.15, -0.1) is 0 Å². The highest BCUT2D eigenvalue weighted by atomic mass is 16.6. The number of carbonyl (C=O) groups excluding carboxylic acids is 1. The zero-order chi connectivity index (χ0) is 19.1. The van der Waals surface area contributed by atoms with Gasteiger partial charge in [0.05, 0.1) is 11.5 Å². The lowest BCUT2D eigenvalue weighted by Crippen LogP contribution is -2.35. The number of carboxylic acid groups (broad SMARTS) is 1. The minimum absolute atomic E-state index is 0.00840. The molecule has 9 heteroatoms. The van der Waals surface area contributed by atoms with E-state index in [0.717, 1.165) is 16.5 Å². The first-order valence-corrected chi connectivity index (χ1v) is 7.57. The van der Waals surface area contributed by atoms with Crippen LogP contribution in [-0.4, -0.2) is 33.5 Å². The zero-order valence-corrected chi connectivity index (χ0v) is 13.7. The van der Waals surface area contributed by atoms with Crippen LogP contribution < -0.4 is 5.73 Å². The number of benzene rings is 2. The Morgan fingerprint density at radius 2 is 1.88 bits per heavy atom. The van der Waals surface area contributed by atoms with Gasteiger partial charge in [-0.3, -0.25) is 19.8 Å². The Bertz CT molecular complexity index is 809. The summed E-state index contributed by atoms with van der Waals surface area (Å²) < 4.78 is 5.14. The molecule has 0 spiro atoms. The van der Waals surface area contributed by atoms with Crippen LogP contribution >= 0.6 is 0 Å². The number of carbonyl (C=O) groups is 2. The highest BCUT2D eigenvalue weighted by molar-refractivity contribution is 5.77. The van der Waals surface area contributed by atoms with E-state index in [0.29, 0.717) is 5.56 Å². The highest BCUT2D eigenvalue weighted by Crippen LogP contribution is 2.21. The molecule has 0 saturated carbocycles. The molecular formula is C17H17N3O6. The maximum atomic E-state index is 12.2. The maximum Gasteiger partial charge on any atom is 0.410 e. The van der Waals surface area contributed by atoms with E-state index in [1.165, 1.54) is 12.1 Å². The number of nitro groups is 1. The lowest BCUT2D eigenvalue weighted by Gasteiger charge is -2.21. The molecule has 0 aliphatic carbocycles. The number of carboxylic acids is 1. The number of rotatable bonds is 7. The number of nitrogens with zero attached hydrogens (tertiary/aromatic N) is 2. The van der Waals surface area contributed by atoms with Crippen LogP contribution in [-0.2, 0) is 22.7 Å². The van der Waals surface area contributed by atoms with Gasteiger partial charge in [0.25, 0.3) is 5.69 Å². The molecule has 2 aromatic rings. The summed E-state index contributed by atoms with van der Waals surface area (Å²) >= 11 is 0. The molecule has 0 atom stereocenters. The first kappa shape index (κ1) is 18.7. The second kappa shape index (κ2) is 8.47. The molecule has 0 heterocycles. The second-order valence-electron chi connectivity index (χ2n) is 5.43. The third kappa shape index (κ3) is 5.20. The van der Waals surface area contributed by atoms with E-state index in [1.54, 1.807) is 24.3 Å². The maximum absolute atomic E-state index is 12.2. The minimum atomic E-state index is -1.22. The fourth-order valence-electron chi connectivity index (χ4n) is 2.20. The molecule has 0 saturated heterocycles. The van der Waals surface area contributed by atoms with Crippen LogP contribution in [0.15, 0.2) is 48.5 Å². The van der Waals surface area contributed by atoms with Crippen LogP contribution in [0.25, 0.3) is 0 Å². The average Bonchev–Trinajstić information content (AvgIpc) is 2.61. The number of nitrogen functional groups attached to an aromatic ring is 1. The topological polar surface area (TPSA) is 136 Å². The number of hydrogen-bond donors (Lipinski definition) is 2. The summed E-state index contributed by atoms with van der Waals surface area (Å²) in [6.07, 6.45) is -0.825. The van der Waals surface area contributed by atoms with Gasteiger partial charge in [-0.05, 0) is 17.2 Å². The van der Waals surface area contributed by atoms with Crippen LogP contribution in [0.5, 0.6) is 0 Å². The van der Waals surface area contributed by atoms with E-state index in [9.17, 15) is 19.7 Å². The van der Waals surface area contributed by atoms with Crippen molar-refractivity contribution in [1.82, 2.24) is 4.90 Å². The van der Waals surface area contributed by atoms with Crippen LogP contribution in [0.1, 0.15) is 11.1 Å². The van der Waals surface area contributed by atoms with Gasteiger partial charge in [-0.2, -0.15) is 0 Å². The Kier molecular flexibility index (Phi) is 6.10. The number of amides is 1. The normalized spacial score (nSPS) is 10.2. The van der Waals surface area contributed by atoms with Crippen LogP contribution in [0.3, 0.4) is 0 Å². The van der Waals surface area contributed by atoms with Gasteiger partial charge < -0.3 is 15.6 Å². The van der Waals surface area contributed by atoms with Crippen molar-refractivity contribution in [2.75, 3.05) is 12.3 Å². The van der Waals surface area contributed by atoms with Gasteiger partial charge in [0.2, 0.25) is 0 Å². The van der Waals surface area contributed by atoms with E-state index in [2.05, 4.69) is 0 Å². The number of nitro benzene ring substituents is 1. The van der Waals surface area contributed by atoms with Gasteiger partial charge in [0.1, 0.15) is 13.2 Å². The summed E-state index contributed by atoms with van der Waals surface area (Å²) in [7, 11) is 0. The second-order valence-corrected chi connectivity index (χ2v) is 5.43. The Balaban J connectivity index is 2.10. The fourth-order valence-corrected chi connectivity index (χ4v) is 2.20. The number of hydrogen-bond acceptors (Lipinski definition) is 6. The van der Waals surface area contributed by atoms with Gasteiger partial charge in [-0.25, -0.2) is 4.79 Å². The molecule has 0 radical (unpaired) electrons. The lowest BCUT2D eigenvalue weighted by atomic mass is 10.1. The Labute approximate surface area is 148 Å². The Morgan fingerprint density at radius 1 is 1.19 bits per heavy atom. The first-order valence-electron chi connectivity index (χ1n) is 7.57. The van der Waals surface area contributed by atoms with Gasteiger partial charge in [0, 0.05) is 17.8 Å². The number of aliphatic carboxylic acids is 1. The van der Waals surface area contributed by atoms with E-state index in [-0.39, 0.29) is 24.5 Å². The summed E-state index contributed by atoms with van der Waals surface area (Å²) in [4.78, 5) is 34.4. The SMILES string of the molecule is Nc1cc([N+](=O)[O-])ccc1CN(CC(=O)O)C(=O)OCc1ccccc1. The molecule has 0 fully saturated rings. The Hall–Kier alpha value is -3.62. The fraction of sp³-hybridized carbons (Fsp3) is 0.176. The lowest BCUT2D eigenvalue weighted by molar-refractivity contribution is -0.384. The number of nitrogens with two attached hydrogens (primary N) is 1. The summed E-state index contributed by atoms with van der Waals surface area (Å²) in [5.74, 6) is -1.22. The molecule has 0 aromatic heterocycles. The molecule has 136 valence electrons. The average molecular weight is 359 g/mol. The van der Waals surface area contributed by atoms with Crippen molar-refractivity contribution in [1.29, 1.82) is 0 Å². The smallest absolute Gasteiger partial charge is 0.410 e. The van der Waals surface area contributed by atoms with Crippen molar-refractivity contribution in [3.05, 3.63) is 69.8 Å². The predicted molar refractivity (Wildman–Crippen MR) is 92.2 cm³/mol. The molecule has 9 nitrogen and oxygen atoms in total. The van der Waals surface area contributed by atoms with Gasteiger partial charge in [-0.1, -0.05) is 30.3 Å². The molecule has 2 aromatic carbocycles. The van der Waals surface area contributed by atoms with E-state index in [1.807, 2.05) is 6.07 Å². The largest absolute Gasteiger partial charge is 0.480 e. The molecule has 0 aliphatic rings. The first-order chi connectivity index (χ1) is 12.4. The number of ether oxygens (including phenoxy) is 1. The summed E-state index contributed by atoms with van der Waals surface area (Å²) in [6.45, 7) is -0.751. The standard InChI is InChI=1S/C17H17N3O6/c18-15-8-14(20(24)25)7-6-13(15)9-19(10-16(21)22)17(23)26-11-12-4-2-1-3-5-12/h1-8H,9-11,18H2,(H,21,22). The molecule has 26 heavy (non-hydrogen) atoms. The third-order valence-corrected chi connectivity index (χ3v) is 3.49. The molecule has 0 bridgehead atoms. The molecular weight excluding hydrogens is 342 g/mol. The van der Waals surface area contributed by atoms with Gasteiger partial charge in [0.15, 0.2) is 0 Å². The highest BCUT2D eigenvalue weighted by Gasteiger charge is 2.20. The summed E-state index contributed by atoms with van der Waals surface area (Å²) in [5.41, 5.74) is 6.81. The Morgan fingerprint density at radius 3 is 2.46 bits per heavy atom. The predicted octanol–water partition coefficient (Wildman–Crippen LogP) is 2.40. The number of anilines is 1. The summed E-state index contributed by atoms with van der Waals surface area (Å²) in [5, 5.41) is 19.8.